The van der Waals surface area contributed by atoms with Crippen molar-refractivity contribution < 1.29 is 9.63 Å². The molecule has 0 bridgehead atoms. The Labute approximate surface area is 130 Å². The molecular weight excluding hydrogens is 286 g/mol. The van der Waals surface area contributed by atoms with Crippen LogP contribution in [0.3, 0.4) is 0 Å². The first kappa shape index (κ1) is 17.4. The summed E-state index contributed by atoms with van der Waals surface area (Å²) in [4.78, 5) is 17.8. The molecule has 0 spiro atoms. The van der Waals surface area contributed by atoms with Crippen molar-refractivity contribution in [3.63, 3.8) is 0 Å². The zero-order chi connectivity index (χ0) is 15.7. The standard InChI is InChI=1S/C15H23N3O2S/c1-11(2)7-8-14(16)18-20-10-15(19)17-12-5-4-6-13(9-12)21-3/h4-6,9,11H,7-8,10H2,1-3H3,(H2,16,18)(H,17,19). The number of thioether (sulfide) groups is 1. The second-order valence-corrected chi connectivity index (χ2v) is 5.95. The summed E-state index contributed by atoms with van der Waals surface area (Å²) in [7, 11) is 0. The van der Waals surface area contributed by atoms with E-state index in [1.807, 2.05) is 30.5 Å². The van der Waals surface area contributed by atoms with Crippen LogP contribution in [-0.2, 0) is 9.63 Å². The highest BCUT2D eigenvalue weighted by atomic mass is 32.2. The minimum atomic E-state index is -0.256. The third kappa shape index (κ3) is 7.60. The molecule has 0 fully saturated rings. The molecule has 0 unspecified atom stereocenters. The van der Waals surface area contributed by atoms with Crippen molar-refractivity contribution in [2.24, 2.45) is 16.8 Å². The van der Waals surface area contributed by atoms with E-state index in [1.165, 1.54) is 0 Å². The highest BCUT2D eigenvalue weighted by molar-refractivity contribution is 7.98. The van der Waals surface area contributed by atoms with Crippen LogP contribution in [0.25, 0.3) is 0 Å². The zero-order valence-electron chi connectivity index (χ0n) is 12.8. The third-order valence-corrected chi connectivity index (χ3v) is 3.43. The summed E-state index contributed by atoms with van der Waals surface area (Å²) >= 11 is 1.62. The van der Waals surface area contributed by atoms with Crippen LogP contribution in [0.15, 0.2) is 34.3 Å². The van der Waals surface area contributed by atoms with E-state index in [4.69, 9.17) is 10.6 Å². The van der Waals surface area contributed by atoms with Gasteiger partial charge in [-0.15, -0.1) is 11.8 Å². The summed E-state index contributed by atoms with van der Waals surface area (Å²) in [6, 6.07) is 7.61. The van der Waals surface area contributed by atoms with Crippen molar-refractivity contribution in [2.75, 3.05) is 18.2 Å². The number of nitrogens with one attached hydrogen (secondary N) is 1. The number of benzene rings is 1. The Morgan fingerprint density at radius 2 is 2.24 bits per heavy atom. The zero-order valence-corrected chi connectivity index (χ0v) is 13.6. The molecule has 0 atom stereocenters. The molecule has 1 aromatic carbocycles. The molecule has 21 heavy (non-hydrogen) atoms. The molecule has 0 aliphatic heterocycles. The van der Waals surface area contributed by atoms with Crippen molar-refractivity contribution in [3.8, 4) is 0 Å². The molecule has 1 rings (SSSR count). The van der Waals surface area contributed by atoms with Gasteiger partial charge >= 0.3 is 0 Å². The maximum atomic E-state index is 11.7. The molecule has 116 valence electrons. The van der Waals surface area contributed by atoms with Crippen molar-refractivity contribution in [1.82, 2.24) is 0 Å². The molecule has 0 aromatic heterocycles. The largest absolute Gasteiger partial charge is 0.384 e. The van der Waals surface area contributed by atoms with E-state index < -0.39 is 0 Å². The van der Waals surface area contributed by atoms with Crippen LogP contribution in [0.1, 0.15) is 26.7 Å². The lowest BCUT2D eigenvalue weighted by Gasteiger charge is -2.06. The van der Waals surface area contributed by atoms with Gasteiger partial charge < -0.3 is 15.9 Å². The minimum Gasteiger partial charge on any atom is -0.384 e. The van der Waals surface area contributed by atoms with E-state index in [1.54, 1.807) is 11.8 Å². The fraction of sp³-hybridized carbons (Fsp3) is 0.467. The molecule has 0 aliphatic carbocycles. The maximum Gasteiger partial charge on any atom is 0.265 e. The third-order valence-electron chi connectivity index (χ3n) is 2.71. The van der Waals surface area contributed by atoms with Crippen LogP contribution in [0.2, 0.25) is 0 Å². The number of amidine groups is 1. The lowest BCUT2D eigenvalue weighted by atomic mass is 10.1. The maximum absolute atomic E-state index is 11.7. The summed E-state index contributed by atoms with van der Waals surface area (Å²) in [6.07, 6.45) is 3.61. The van der Waals surface area contributed by atoms with E-state index >= 15 is 0 Å². The molecule has 5 nitrogen and oxygen atoms in total. The Morgan fingerprint density at radius 1 is 1.48 bits per heavy atom. The van der Waals surface area contributed by atoms with Crippen molar-refractivity contribution in [3.05, 3.63) is 24.3 Å². The van der Waals surface area contributed by atoms with Gasteiger partial charge in [-0.3, -0.25) is 4.79 Å². The van der Waals surface area contributed by atoms with Gasteiger partial charge in [0, 0.05) is 17.0 Å². The second-order valence-electron chi connectivity index (χ2n) is 5.07. The predicted octanol–water partition coefficient (Wildman–Crippen LogP) is 3.07. The summed E-state index contributed by atoms with van der Waals surface area (Å²) < 4.78 is 0. The number of hydrogen-bond acceptors (Lipinski definition) is 4. The van der Waals surface area contributed by atoms with E-state index in [0.717, 1.165) is 17.0 Å². The second kappa shape index (κ2) is 9.28. The predicted molar refractivity (Wildman–Crippen MR) is 88.5 cm³/mol. The first-order valence-corrected chi connectivity index (χ1v) is 8.12. The van der Waals surface area contributed by atoms with E-state index in [9.17, 15) is 4.79 Å². The Hall–Kier alpha value is -1.69. The first-order valence-electron chi connectivity index (χ1n) is 6.89. The molecular formula is C15H23N3O2S. The van der Waals surface area contributed by atoms with Gasteiger partial charge in [-0.25, -0.2) is 0 Å². The normalized spacial score (nSPS) is 11.5. The average molecular weight is 309 g/mol. The number of hydrogen-bond donors (Lipinski definition) is 2. The van der Waals surface area contributed by atoms with Crippen LogP contribution in [0, 0.1) is 5.92 Å². The van der Waals surface area contributed by atoms with Gasteiger partial charge in [-0.1, -0.05) is 25.1 Å². The molecule has 1 aromatic rings. The summed E-state index contributed by atoms with van der Waals surface area (Å²) in [6.45, 7) is 4.08. The highest BCUT2D eigenvalue weighted by Crippen LogP contribution is 2.18. The summed E-state index contributed by atoms with van der Waals surface area (Å²) in [5.74, 6) is 0.723. The Morgan fingerprint density at radius 3 is 2.90 bits per heavy atom. The van der Waals surface area contributed by atoms with Crippen LogP contribution in [0.5, 0.6) is 0 Å². The van der Waals surface area contributed by atoms with Crippen LogP contribution in [0.4, 0.5) is 5.69 Å². The number of oxime groups is 1. The van der Waals surface area contributed by atoms with Crippen molar-refractivity contribution >= 4 is 29.2 Å². The van der Waals surface area contributed by atoms with Crippen molar-refractivity contribution in [1.29, 1.82) is 0 Å². The Balaban J connectivity index is 2.35. The number of rotatable bonds is 8. The topological polar surface area (TPSA) is 76.7 Å². The van der Waals surface area contributed by atoms with Crippen LogP contribution < -0.4 is 11.1 Å². The van der Waals surface area contributed by atoms with Gasteiger partial charge in [-0.05, 0) is 36.8 Å². The van der Waals surface area contributed by atoms with E-state index in [2.05, 4.69) is 24.3 Å². The molecule has 1 amide bonds. The highest BCUT2D eigenvalue weighted by Gasteiger charge is 2.04. The van der Waals surface area contributed by atoms with Gasteiger partial charge in [0.15, 0.2) is 6.61 Å². The van der Waals surface area contributed by atoms with E-state index in [0.29, 0.717) is 18.2 Å². The van der Waals surface area contributed by atoms with Gasteiger partial charge in [0.2, 0.25) is 0 Å². The summed E-state index contributed by atoms with van der Waals surface area (Å²) in [5, 5.41) is 6.49. The number of carbonyl (C=O) groups excluding carboxylic acids is 1. The van der Waals surface area contributed by atoms with Gasteiger partial charge in [0.1, 0.15) is 5.84 Å². The van der Waals surface area contributed by atoms with Gasteiger partial charge in [0.25, 0.3) is 5.91 Å². The number of amides is 1. The molecule has 0 saturated heterocycles. The molecule has 0 saturated carbocycles. The quantitative estimate of drug-likeness (QED) is 0.335. The smallest absolute Gasteiger partial charge is 0.265 e. The Bertz CT molecular complexity index is 490. The molecule has 0 radical (unpaired) electrons. The number of nitrogens with two attached hydrogens (primary N) is 1. The average Bonchev–Trinajstić information content (AvgIpc) is 2.45. The lowest BCUT2D eigenvalue weighted by molar-refractivity contribution is -0.120. The molecule has 0 aliphatic rings. The van der Waals surface area contributed by atoms with E-state index in [-0.39, 0.29) is 12.5 Å². The monoisotopic (exact) mass is 309 g/mol. The van der Waals surface area contributed by atoms with Gasteiger partial charge in [-0.2, -0.15) is 0 Å². The number of nitrogens with zero attached hydrogens (tertiary/aromatic N) is 1. The molecule has 3 N–H and O–H groups in total. The summed E-state index contributed by atoms with van der Waals surface area (Å²) in [5.41, 5.74) is 6.43. The SMILES string of the molecule is CSc1cccc(NC(=O)CO/N=C(\N)CCC(C)C)c1. The first-order chi connectivity index (χ1) is 10.0. The Kier molecular flexibility index (Phi) is 7.68. The fourth-order valence-electron chi connectivity index (χ4n) is 1.55. The molecule has 0 heterocycles. The fourth-order valence-corrected chi connectivity index (χ4v) is 2.01. The van der Waals surface area contributed by atoms with Crippen molar-refractivity contribution in [2.45, 2.75) is 31.6 Å². The van der Waals surface area contributed by atoms with Gasteiger partial charge in [0.05, 0.1) is 0 Å². The number of anilines is 1. The van der Waals surface area contributed by atoms with Crippen LogP contribution >= 0.6 is 11.8 Å². The molecule has 6 heteroatoms. The minimum absolute atomic E-state index is 0.147. The lowest BCUT2D eigenvalue weighted by Crippen LogP contribution is -2.19. The number of carbonyl (C=O) groups is 1. The van der Waals surface area contributed by atoms with Crippen LogP contribution in [-0.4, -0.2) is 24.6 Å².